The number of ether oxygens (including phenoxy) is 1. The third kappa shape index (κ3) is 7.21. The Hall–Kier alpha value is -1.48. The smallest absolute Gasteiger partial charge is 0.191 e. The van der Waals surface area contributed by atoms with Crippen LogP contribution in [-0.4, -0.2) is 44.8 Å². The number of para-hydroxylation sites is 1. The highest BCUT2D eigenvalue weighted by atomic mass is 127. The van der Waals surface area contributed by atoms with Crippen LogP contribution < -0.4 is 20.3 Å². The molecule has 7 heteroatoms. The molecule has 1 aliphatic rings. The van der Waals surface area contributed by atoms with Gasteiger partial charge in [-0.3, -0.25) is 0 Å². The molecule has 0 spiro atoms. The summed E-state index contributed by atoms with van der Waals surface area (Å²) in [7, 11) is 0. The fourth-order valence-corrected chi connectivity index (χ4v) is 3.83. The minimum atomic E-state index is 0. The summed E-state index contributed by atoms with van der Waals surface area (Å²) in [5.41, 5.74) is 0. The van der Waals surface area contributed by atoms with Gasteiger partial charge in [0, 0.05) is 25.7 Å². The van der Waals surface area contributed by atoms with Gasteiger partial charge in [-0.1, -0.05) is 18.2 Å². The molecule has 0 atom stereocenters. The third-order valence-corrected chi connectivity index (χ3v) is 5.30. The highest BCUT2D eigenvalue weighted by Gasteiger charge is 2.20. The molecule has 0 amide bonds. The lowest BCUT2D eigenvalue weighted by molar-refractivity contribution is 0.328. The predicted molar refractivity (Wildman–Crippen MR) is 126 cm³/mol. The molecule has 3 rings (SSSR count). The summed E-state index contributed by atoms with van der Waals surface area (Å²) >= 11 is 1.82. The summed E-state index contributed by atoms with van der Waals surface area (Å²) < 4.78 is 5.71. The van der Waals surface area contributed by atoms with E-state index >= 15 is 0 Å². The molecule has 0 radical (unpaired) electrons. The Balaban J connectivity index is 0.00000261. The van der Waals surface area contributed by atoms with E-state index in [0.29, 0.717) is 19.2 Å². The van der Waals surface area contributed by atoms with Crippen LogP contribution in [0.1, 0.15) is 19.8 Å². The molecular weight excluding hydrogens is 471 g/mol. The number of benzene rings is 1. The van der Waals surface area contributed by atoms with Crippen molar-refractivity contribution in [2.75, 3.05) is 37.7 Å². The highest BCUT2D eigenvalue weighted by Crippen LogP contribution is 2.24. The van der Waals surface area contributed by atoms with E-state index in [-0.39, 0.29) is 24.0 Å². The second-order valence-corrected chi connectivity index (χ2v) is 7.21. The van der Waals surface area contributed by atoms with Gasteiger partial charge in [0.15, 0.2) is 5.96 Å². The van der Waals surface area contributed by atoms with Gasteiger partial charge in [-0.15, -0.1) is 35.3 Å². The number of guanidine groups is 1. The Morgan fingerprint density at radius 3 is 2.63 bits per heavy atom. The molecule has 0 aliphatic carbocycles. The molecule has 1 aromatic heterocycles. The van der Waals surface area contributed by atoms with Gasteiger partial charge < -0.3 is 20.3 Å². The number of rotatable bonds is 7. The van der Waals surface area contributed by atoms with Gasteiger partial charge in [-0.2, -0.15) is 0 Å². The maximum absolute atomic E-state index is 5.71. The van der Waals surface area contributed by atoms with E-state index in [1.54, 1.807) is 0 Å². The summed E-state index contributed by atoms with van der Waals surface area (Å²) in [6.07, 6.45) is 2.26. The Labute approximate surface area is 183 Å². The van der Waals surface area contributed by atoms with E-state index in [1.165, 1.54) is 5.00 Å². The van der Waals surface area contributed by atoms with Crippen LogP contribution in [0.2, 0.25) is 0 Å². The van der Waals surface area contributed by atoms with Crippen LogP contribution in [0.4, 0.5) is 5.00 Å². The molecule has 2 N–H and O–H groups in total. The fourth-order valence-electron chi connectivity index (χ4n) is 3.05. The quantitative estimate of drug-likeness (QED) is 0.262. The van der Waals surface area contributed by atoms with Crippen molar-refractivity contribution < 1.29 is 4.74 Å². The number of aliphatic imine (C=N–C) groups is 1. The minimum absolute atomic E-state index is 0. The normalized spacial score (nSPS) is 15.1. The van der Waals surface area contributed by atoms with Gasteiger partial charge in [-0.05, 0) is 49.4 Å². The van der Waals surface area contributed by atoms with Crippen LogP contribution >= 0.6 is 35.3 Å². The second-order valence-electron chi connectivity index (χ2n) is 6.28. The van der Waals surface area contributed by atoms with E-state index in [9.17, 15) is 0 Å². The van der Waals surface area contributed by atoms with Crippen LogP contribution in [0.3, 0.4) is 0 Å². The molecule has 1 aliphatic heterocycles. The first-order valence-corrected chi connectivity index (χ1v) is 10.2. The zero-order valence-corrected chi connectivity index (χ0v) is 18.9. The predicted octanol–water partition coefficient (Wildman–Crippen LogP) is 3.97. The number of anilines is 1. The molecule has 2 aromatic rings. The maximum Gasteiger partial charge on any atom is 0.191 e. The lowest BCUT2D eigenvalue weighted by atomic mass is 10.1. The number of thiophene rings is 1. The van der Waals surface area contributed by atoms with Crippen molar-refractivity contribution in [3.8, 4) is 5.75 Å². The molecule has 1 fully saturated rings. The molecule has 1 aromatic carbocycles. The van der Waals surface area contributed by atoms with Crippen LogP contribution in [-0.2, 0) is 0 Å². The van der Waals surface area contributed by atoms with Crippen molar-refractivity contribution in [1.29, 1.82) is 0 Å². The fraction of sp³-hybridized carbons (Fsp3) is 0.450. The number of nitrogens with zero attached hydrogens (tertiary/aromatic N) is 2. The third-order valence-electron chi connectivity index (χ3n) is 4.37. The molecule has 1 saturated heterocycles. The number of hydrogen-bond acceptors (Lipinski definition) is 4. The SMILES string of the molecule is CCNC(=NCCOc1ccccc1)NC1CCN(c2cccs2)CC1.I. The Bertz CT molecular complexity index is 658. The van der Waals surface area contributed by atoms with E-state index in [2.05, 4.69) is 45.0 Å². The van der Waals surface area contributed by atoms with Gasteiger partial charge in [0.25, 0.3) is 0 Å². The van der Waals surface area contributed by atoms with Gasteiger partial charge in [0.1, 0.15) is 12.4 Å². The second kappa shape index (κ2) is 12.1. The first-order valence-electron chi connectivity index (χ1n) is 9.36. The van der Waals surface area contributed by atoms with Crippen molar-refractivity contribution in [3.05, 3.63) is 47.8 Å². The maximum atomic E-state index is 5.71. The molecule has 2 heterocycles. The van der Waals surface area contributed by atoms with Crippen molar-refractivity contribution in [2.24, 2.45) is 4.99 Å². The molecular formula is C20H29IN4OS. The lowest BCUT2D eigenvalue weighted by Gasteiger charge is -2.33. The topological polar surface area (TPSA) is 48.9 Å². The Kier molecular flexibility index (Phi) is 9.75. The summed E-state index contributed by atoms with van der Waals surface area (Å²) in [6.45, 7) is 6.36. The van der Waals surface area contributed by atoms with Crippen molar-refractivity contribution >= 4 is 46.3 Å². The van der Waals surface area contributed by atoms with Crippen LogP contribution in [0.25, 0.3) is 0 Å². The van der Waals surface area contributed by atoms with Crippen molar-refractivity contribution in [1.82, 2.24) is 10.6 Å². The number of nitrogens with one attached hydrogen (secondary N) is 2. The Morgan fingerprint density at radius 2 is 1.96 bits per heavy atom. The monoisotopic (exact) mass is 500 g/mol. The van der Waals surface area contributed by atoms with E-state index < -0.39 is 0 Å². The average Bonchev–Trinajstić information content (AvgIpc) is 3.21. The summed E-state index contributed by atoms with van der Waals surface area (Å²) in [5, 5.41) is 10.4. The van der Waals surface area contributed by atoms with Gasteiger partial charge >= 0.3 is 0 Å². The number of halogens is 1. The minimum Gasteiger partial charge on any atom is -0.492 e. The van der Waals surface area contributed by atoms with Crippen molar-refractivity contribution in [3.63, 3.8) is 0 Å². The summed E-state index contributed by atoms with van der Waals surface area (Å²) in [6, 6.07) is 14.7. The van der Waals surface area contributed by atoms with E-state index in [1.807, 2.05) is 41.7 Å². The average molecular weight is 500 g/mol. The molecule has 0 bridgehead atoms. The summed E-state index contributed by atoms with van der Waals surface area (Å²) in [4.78, 5) is 7.12. The molecule has 5 nitrogen and oxygen atoms in total. The van der Waals surface area contributed by atoms with Crippen LogP contribution in [0.5, 0.6) is 5.75 Å². The highest BCUT2D eigenvalue weighted by molar-refractivity contribution is 14.0. The van der Waals surface area contributed by atoms with Gasteiger partial charge in [0.05, 0.1) is 11.5 Å². The zero-order chi connectivity index (χ0) is 18.0. The molecule has 0 saturated carbocycles. The Morgan fingerprint density at radius 1 is 1.19 bits per heavy atom. The standard InChI is InChI=1S/C20H28N4OS.HI/c1-2-21-20(22-12-15-25-18-7-4-3-5-8-18)23-17-10-13-24(14-11-17)19-9-6-16-26-19;/h3-9,16-17H,2,10-15H2,1H3,(H2,21,22,23);1H. The van der Waals surface area contributed by atoms with Gasteiger partial charge in [0.2, 0.25) is 0 Å². The molecule has 27 heavy (non-hydrogen) atoms. The van der Waals surface area contributed by atoms with Crippen molar-refractivity contribution in [2.45, 2.75) is 25.8 Å². The van der Waals surface area contributed by atoms with Crippen LogP contribution in [0, 0.1) is 0 Å². The van der Waals surface area contributed by atoms with E-state index in [4.69, 9.17) is 4.74 Å². The molecule has 0 unspecified atom stereocenters. The number of hydrogen-bond donors (Lipinski definition) is 2. The lowest BCUT2D eigenvalue weighted by Crippen LogP contribution is -2.48. The van der Waals surface area contributed by atoms with E-state index in [0.717, 1.165) is 44.2 Å². The van der Waals surface area contributed by atoms with Crippen LogP contribution in [0.15, 0.2) is 52.8 Å². The largest absolute Gasteiger partial charge is 0.492 e. The zero-order valence-electron chi connectivity index (χ0n) is 15.8. The number of piperidine rings is 1. The van der Waals surface area contributed by atoms with Gasteiger partial charge in [-0.25, -0.2) is 4.99 Å². The molecule has 148 valence electrons. The first kappa shape index (κ1) is 21.8. The first-order chi connectivity index (χ1) is 12.8. The summed E-state index contributed by atoms with van der Waals surface area (Å²) in [5.74, 6) is 1.78.